The number of benzene rings is 1. The highest BCUT2D eigenvalue weighted by Crippen LogP contribution is 2.22. The second kappa shape index (κ2) is 3.80. The molecule has 0 saturated heterocycles. The lowest BCUT2D eigenvalue weighted by molar-refractivity contribution is 0.0596. The summed E-state index contributed by atoms with van der Waals surface area (Å²) in [5.41, 5.74) is 1.87. The van der Waals surface area contributed by atoms with E-state index in [0.29, 0.717) is 0 Å². The zero-order valence-electron chi connectivity index (χ0n) is 8.05. The molecule has 0 radical (unpaired) electrons. The molecule has 1 aliphatic rings. The Kier molecular flexibility index (Phi) is 2.50. The molecule has 0 unspecified atom stereocenters. The SMILES string of the molecule is C[C@H]1ON=C(c2ccccc2)[C@@H]1CO. The average molecular weight is 191 g/mol. The number of aliphatic hydroxyl groups excluding tert-OH is 1. The minimum Gasteiger partial charge on any atom is -0.396 e. The summed E-state index contributed by atoms with van der Waals surface area (Å²) < 4.78 is 0. The van der Waals surface area contributed by atoms with E-state index in [-0.39, 0.29) is 18.6 Å². The van der Waals surface area contributed by atoms with Gasteiger partial charge in [0.2, 0.25) is 0 Å². The molecule has 0 aliphatic carbocycles. The van der Waals surface area contributed by atoms with Crippen molar-refractivity contribution in [1.29, 1.82) is 0 Å². The van der Waals surface area contributed by atoms with Crippen LogP contribution in [0.2, 0.25) is 0 Å². The van der Waals surface area contributed by atoms with Gasteiger partial charge in [-0.2, -0.15) is 0 Å². The maximum atomic E-state index is 9.21. The summed E-state index contributed by atoms with van der Waals surface area (Å²) in [6.07, 6.45) is -0.0322. The van der Waals surface area contributed by atoms with Crippen LogP contribution in [0.1, 0.15) is 12.5 Å². The van der Waals surface area contributed by atoms with Crippen molar-refractivity contribution in [2.75, 3.05) is 6.61 Å². The topological polar surface area (TPSA) is 41.8 Å². The summed E-state index contributed by atoms with van der Waals surface area (Å²) in [4.78, 5) is 5.15. The number of hydrogen-bond donors (Lipinski definition) is 1. The van der Waals surface area contributed by atoms with E-state index in [2.05, 4.69) is 5.16 Å². The van der Waals surface area contributed by atoms with Crippen LogP contribution in [0, 0.1) is 5.92 Å². The zero-order chi connectivity index (χ0) is 9.97. The molecule has 1 aromatic carbocycles. The van der Waals surface area contributed by atoms with Gasteiger partial charge in [0.25, 0.3) is 0 Å². The van der Waals surface area contributed by atoms with Crippen molar-refractivity contribution < 1.29 is 9.94 Å². The van der Waals surface area contributed by atoms with Crippen LogP contribution >= 0.6 is 0 Å². The summed E-state index contributed by atoms with van der Waals surface area (Å²) >= 11 is 0. The number of nitrogens with zero attached hydrogens (tertiary/aromatic N) is 1. The lowest BCUT2D eigenvalue weighted by atomic mass is 9.94. The van der Waals surface area contributed by atoms with Gasteiger partial charge in [-0.05, 0) is 12.5 Å². The van der Waals surface area contributed by atoms with E-state index < -0.39 is 0 Å². The molecule has 1 aliphatic heterocycles. The molecule has 0 saturated carbocycles. The molecule has 74 valence electrons. The van der Waals surface area contributed by atoms with E-state index in [9.17, 15) is 5.11 Å². The van der Waals surface area contributed by atoms with Crippen LogP contribution in [0.5, 0.6) is 0 Å². The average Bonchev–Trinajstić information content (AvgIpc) is 2.61. The smallest absolute Gasteiger partial charge is 0.135 e. The molecule has 1 N–H and O–H groups in total. The highest BCUT2D eigenvalue weighted by molar-refractivity contribution is 6.03. The van der Waals surface area contributed by atoms with Crippen LogP contribution < -0.4 is 0 Å². The Morgan fingerprint density at radius 3 is 2.71 bits per heavy atom. The van der Waals surface area contributed by atoms with Gasteiger partial charge in [-0.15, -0.1) is 0 Å². The Balaban J connectivity index is 2.28. The first kappa shape index (κ1) is 9.21. The van der Waals surface area contributed by atoms with Gasteiger partial charge >= 0.3 is 0 Å². The Hall–Kier alpha value is -1.35. The maximum Gasteiger partial charge on any atom is 0.135 e. The van der Waals surface area contributed by atoms with E-state index in [4.69, 9.17) is 4.84 Å². The van der Waals surface area contributed by atoms with Gasteiger partial charge in [-0.3, -0.25) is 0 Å². The quantitative estimate of drug-likeness (QED) is 0.768. The van der Waals surface area contributed by atoms with Crippen LogP contribution in [0.4, 0.5) is 0 Å². The first-order valence-electron chi connectivity index (χ1n) is 4.73. The van der Waals surface area contributed by atoms with Gasteiger partial charge in [-0.25, -0.2) is 0 Å². The van der Waals surface area contributed by atoms with Crippen LogP contribution in [0.15, 0.2) is 35.5 Å². The van der Waals surface area contributed by atoms with Crippen molar-refractivity contribution in [2.45, 2.75) is 13.0 Å². The second-order valence-corrected chi connectivity index (χ2v) is 3.44. The molecule has 1 aromatic rings. The van der Waals surface area contributed by atoms with Crippen molar-refractivity contribution in [3.63, 3.8) is 0 Å². The van der Waals surface area contributed by atoms with E-state index in [1.54, 1.807) is 0 Å². The van der Waals surface area contributed by atoms with Gasteiger partial charge in [0.1, 0.15) is 6.10 Å². The molecule has 3 nitrogen and oxygen atoms in total. The molecule has 0 aromatic heterocycles. The normalized spacial score (nSPS) is 25.7. The Bertz CT molecular complexity index is 334. The molecule has 0 amide bonds. The molecule has 0 spiro atoms. The number of aliphatic hydroxyl groups is 1. The van der Waals surface area contributed by atoms with Crippen LogP contribution in [0.3, 0.4) is 0 Å². The highest BCUT2D eigenvalue weighted by Gasteiger charge is 2.30. The van der Waals surface area contributed by atoms with Gasteiger partial charge in [0, 0.05) is 0 Å². The molecule has 3 heteroatoms. The van der Waals surface area contributed by atoms with Crippen molar-refractivity contribution in [3.8, 4) is 0 Å². The molecule has 2 atom stereocenters. The predicted octanol–water partition coefficient (Wildman–Crippen LogP) is 1.42. The minimum absolute atomic E-state index is 0.00241. The molecule has 0 bridgehead atoms. The van der Waals surface area contributed by atoms with Gasteiger partial charge in [-0.1, -0.05) is 35.5 Å². The third-order valence-corrected chi connectivity index (χ3v) is 2.50. The summed E-state index contributed by atoms with van der Waals surface area (Å²) in [6.45, 7) is 2.00. The zero-order valence-corrected chi connectivity index (χ0v) is 8.05. The fraction of sp³-hybridized carbons (Fsp3) is 0.364. The first-order chi connectivity index (χ1) is 6.83. The van der Waals surface area contributed by atoms with E-state index >= 15 is 0 Å². The Morgan fingerprint density at radius 2 is 2.07 bits per heavy atom. The summed E-state index contributed by atoms with van der Waals surface area (Å²) in [5.74, 6) is -0.00241. The number of oxime groups is 1. The van der Waals surface area contributed by atoms with Crippen molar-refractivity contribution in [3.05, 3.63) is 35.9 Å². The minimum atomic E-state index is -0.0322. The number of hydrogen-bond acceptors (Lipinski definition) is 3. The summed E-state index contributed by atoms with van der Waals surface area (Å²) in [5, 5.41) is 13.2. The largest absolute Gasteiger partial charge is 0.396 e. The molecular formula is C11H13NO2. The second-order valence-electron chi connectivity index (χ2n) is 3.44. The van der Waals surface area contributed by atoms with Crippen LogP contribution in [-0.2, 0) is 4.84 Å². The van der Waals surface area contributed by atoms with Gasteiger partial charge < -0.3 is 9.94 Å². The van der Waals surface area contributed by atoms with E-state index in [0.717, 1.165) is 11.3 Å². The predicted molar refractivity (Wildman–Crippen MR) is 54.1 cm³/mol. The molecule has 2 rings (SSSR count). The standard InChI is InChI=1S/C11H13NO2/c1-8-10(7-13)11(12-14-8)9-5-3-2-4-6-9/h2-6,8,10,13H,7H2,1H3/t8-,10-/m1/s1. The molecule has 1 heterocycles. The summed E-state index contributed by atoms with van der Waals surface area (Å²) in [6, 6.07) is 9.81. The first-order valence-corrected chi connectivity index (χ1v) is 4.73. The maximum absolute atomic E-state index is 9.21. The lowest BCUT2D eigenvalue weighted by Crippen LogP contribution is -2.24. The van der Waals surface area contributed by atoms with Crippen molar-refractivity contribution >= 4 is 5.71 Å². The van der Waals surface area contributed by atoms with E-state index in [1.807, 2.05) is 37.3 Å². The van der Waals surface area contributed by atoms with Gasteiger partial charge in [0.15, 0.2) is 0 Å². The van der Waals surface area contributed by atoms with Crippen molar-refractivity contribution in [1.82, 2.24) is 0 Å². The van der Waals surface area contributed by atoms with Crippen LogP contribution in [0.25, 0.3) is 0 Å². The monoisotopic (exact) mass is 191 g/mol. The third-order valence-electron chi connectivity index (χ3n) is 2.50. The number of rotatable bonds is 2. The van der Waals surface area contributed by atoms with Gasteiger partial charge in [0.05, 0.1) is 18.2 Å². The van der Waals surface area contributed by atoms with E-state index in [1.165, 1.54) is 0 Å². The lowest BCUT2D eigenvalue weighted by Gasteiger charge is -2.11. The highest BCUT2D eigenvalue weighted by atomic mass is 16.6. The summed E-state index contributed by atoms with van der Waals surface area (Å²) in [7, 11) is 0. The fourth-order valence-corrected chi connectivity index (χ4v) is 1.61. The molecular weight excluding hydrogens is 178 g/mol. The van der Waals surface area contributed by atoms with Crippen LogP contribution in [-0.4, -0.2) is 23.5 Å². The third kappa shape index (κ3) is 1.51. The fourth-order valence-electron chi connectivity index (χ4n) is 1.61. The van der Waals surface area contributed by atoms with Crippen molar-refractivity contribution in [2.24, 2.45) is 11.1 Å². The molecule has 14 heavy (non-hydrogen) atoms. The Labute approximate surface area is 83.0 Å². The molecule has 0 fully saturated rings. The Morgan fingerprint density at radius 1 is 1.36 bits per heavy atom.